The number of carbonyl (C=O) groups excluding carboxylic acids is 1. The highest BCUT2D eigenvalue weighted by molar-refractivity contribution is 7.99. The Bertz CT molecular complexity index is 616. The lowest BCUT2D eigenvalue weighted by Crippen LogP contribution is -2.15. The number of rotatable bonds is 4. The van der Waals surface area contributed by atoms with Crippen LogP contribution in [-0.2, 0) is 4.79 Å². The van der Waals surface area contributed by atoms with Crippen LogP contribution in [0.3, 0.4) is 0 Å². The summed E-state index contributed by atoms with van der Waals surface area (Å²) >= 11 is 7.09. The predicted octanol–water partition coefficient (Wildman–Crippen LogP) is 3.36. The smallest absolute Gasteiger partial charge is 0.234 e. The molecule has 0 aliphatic heterocycles. The van der Waals surface area contributed by atoms with Gasteiger partial charge in [0.05, 0.1) is 27.2 Å². The van der Waals surface area contributed by atoms with Gasteiger partial charge in [0.1, 0.15) is 0 Å². The molecule has 0 atom stereocenters. The third-order valence-corrected chi connectivity index (χ3v) is 3.70. The van der Waals surface area contributed by atoms with Crippen molar-refractivity contribution in [3.63, 3.8) is 0 Å². The second-order valence-electron chi connectivity index (χ2n) is 4.24. The molecule has 104 valence electrons. The van der Waals surface area contributed by atoms with Crippen LogP contribution in [0.15, 0.2) is 41.6 Å². The lowest BCUT2D eigenvalue weighted by atomic mass is 10.2. The molecule has 2 rings (SSSR count). The summed E-state index contributed by atoms with van der Waals surface area (Å²) in [4.78, 5) is 16.0. The van der Waals surface area contributed by atoms with Crippen molar-refractivity contribution in [3.05, 3.63) is 47.1 Å². The van der Waals surface area contributed by atoms with Crippen LogP contribution in [-0.4, -0.2) is 16.6 Å². The third-order valence-electron chi connectivity index (χ3n) is 2.53. The van der Waals surface area contributed by atoms with Crippen molar-refractivity contribution in [3.8, 4) is 0 Å². The Morgan fingerprint density at radius 1 is 1.40 bits per heavy atom. The molecular formula is C14H14ClN3OS. The predicted molar refractivity (Wildman–Crippen MR) is 84.2 cm³/mol. The van der Waals surface area contributed by atoms with Gasteiger partial charge in [-0.15, -0.1) is 0 Å². The number of anilines is 2. The van der Waals surface area contributed by atoms with E-state index in [1.807, 2.05) is 19.1 Å². The van der Waals surface area contributed by atoms with E-state index in [1.54, 1.807) is 24.4 Å². The number of halogens is 1. The Kier molecular flexibility index (Phi) is 4.87. The number of hydrogen-bond acceptors (Lipinski definition) is 4. The molecule has 2 aromatic rings. The van der Waals surface area contributed by atoms with E-state index >= 15 is 0 Å². The standard InChI is InChI=1S/C14H14ClN3OS/c1-9-2-4-12(11(16)6-9)18-13(19)8-20-14-5-3-10(15)7-17-14/h2-7H,8,16H2,1H3,(H,18,19). The van der Waals surface area contributed by atoms with Crippen molar-refractivity contribution in [2.75, 3.05) is 16.8 Å². The molecule has 0 fully saturated rings. The number of nitrogens with one attached hydrogen (secondary N) is 1. The molecule has 0 spiro atoms. The van der Waals surface area contributed by atoms with Crippen LogP contribution in [0.25, 0.3) is 0 Å². The van der Waals surface area contributed by atoms with Crippen molar-refractivity contribution >= 4 is 40.6 Å². The largest absolute Gasteiger partial charge is 0.397 e. The van der Waals surface area contributed by atoms with Gasteiger partial charge >= 0.3 is 0 Å². The summed E-state index contributed by atoms with van der Waals surface area (Å²) in [5.74, 6) is 0.143. The van der Waals surface area contributed by atoms with Gasteiger partial charge in [-0.05, 0) is 36.8 Å². The average Bonchev–Trinajstić information content (AvgIpc) is 2.41. The first kappa shape index (κ1) is 14.7. The number of amides is 1. The summed E-state index contributed by atoms with van der Waals surface area (Å²) in [6.07, 6.45) is 1.56. The molecule has 1 heterocycles. The quantitative estimate of drug-likeness (QED) is 0.671. The zero-order chi connectivity index (χ0) is 14.5. The second-order valence-corrected chi connectivity index (χ2v) is 5.67. The zero-order valence-corrected chi connectivity index (χ0v) is 12.5. The monoisotopic (exact) mass is 307 g/mol. The van der Waals surface area contributed by atoms with Crippen LogP contribution in [0.1, 0.15) is 5.56 Å². The number of carbonyl (C=O) groups is 1. The number of pyridine rings is 1. The fourth-order valence-electron chi connectivity index (χ4n) is 1.57. The SMILES string of the molecule is Cc1ccc(NC(=O)CSc2ccc(Cl)cn2)c(N)c1. The molecule has 4 nitrogen and oxygen atoms in total. The van der Waals surface area contributed by atoms with Crippen LogP contribution < -0.4 is 11.1 Å². The van der Waals surface area contributed by atoms with E-state index in [0.717, 1.165) is 10.6 Å². The molecule has 0 radical (unpaired) electrons. The van der Waals surface area contributed by atoms with Crippen LogP contribution in [0.2, 0.25) is 5.02 Å². The fourth-order valence-corrected chi connectivity index (χ4v) is 2.32. The third kappa shape index (κ3) is 4.15. The Balaban J connectivity index is 1.90. The maximum Gasteiger partial charge on any atom is 0.234 e. The number of benzene rings is 1. The molecule has 3 N–H and O–H groups in total. The first-order valence-corrected chi connectivity index (χ1v) is 7.31. The Labute approximate surface area is 126 Å². The topological polar surface area (TPSA) is 68.0 Å². The molecule has 0 aliphatic rings. The summed E-state index contributed by atoms with van der Waals surface area (Å²) in [6, 6.07) is 9.05. The highest BCUT2D eigenvalue weighted by Gasteiger charge is 2.06. The molecule has 0 unspecified atom stereocenters. The molecule has 0 saturated carbocycles. The van der Waals surface area contributed by atoms with Crippen molar-refractivity contribution in [1.82, 2.24) is 4.98 Å². The van der Waals surface area contributed by atoms with E-state index in [-0.39, 0.29) is 11.7 Å². The van der Waals surface area contributed by atoms with Crippen molar-refractivity contribution in [1.29, 1.82) is 0 Å². The van der Waals surface area contributed by atoms with E-state index < -0.39 is 0 Å². The molecule has 1 amide bonds. The highest BCUT2D eigenvalue weighted by Crippen LogP contribution is 2.21. The number of aromatic nitrogens is 1. The van der Waals surface area contributed by atoms with Gasteiger partial charge in [0.2, 0.25) is 5.91 Å². The van der Waals surface area contributed by atoms with Gasteiger partial charge in [0.25, 0.3) is 0 Å². The van der Waals surface area contributed by atoms with Crippen molar-refractivity contribution in [2.45, 2.75) is 11.9 Å². The molecule has 20 heavy (non-hydrogen) atoms. The first-order valence-electron chi connectivity index (χ1n) is 5.95. The van der Waals surface area contributed by atoms with E-state index in [4.69, 9.17) is 17.3 Å². The second kappa shape index (κ2) is 6.63. The highest BCUT2D eigenvalue weighted by atomic mass is 35.5. The van der Waals surface area contributed by atoms with Gasteiger partial charge in [0.15, 0.2) is 0 Å². The molecular weight excluding hydrogens is 294 g/mol. The Morgan fingerprint density at radius 2 is 2.20 bits per heavy atom. The summed E-state index contributed by atoms with van der Waals surface area (Å²) in [5, 5.41) is 4.11. The van der Waals surface area contributed by atoms with Crippen LogP contribution in [0, 0.1) is 6.92 Å². The zero-order valence-electron chi connectivity index (χ0n) is 10.9. The maximum absolute atomic E-state index is 11.8. The van der Waals surface area contributed by atoms with Gasteiger partial charge in [-0.25, -0.2) is 4.98 Å². The molecule has 0 saturated heterocycles. The minimum absolute atomic E-state index is 0.123. The molecule has 0 bridgehead atoms. The van der Waals surface area contributed by atoms with E-state index in [1.165, 1.54) is 11.8 Å². The van der Waals surface area contributed by atoms with E-state index in [0.29, 0.717) is 16.4 Å². The van der Waals surface area contributed by atoms with Crippen molar-refractivity contribution in [2.24, 2.45) is 0 Å². The van der Waals surface area contributed by atoms with E-state index in [2.05, 4.69) is 10.3 Å². The number of aryl methyl sites for hydroxylation is 1. The average molecular weight is 308 g/mol. The number of thioether (sulfide) groups is 1. The summed E-state index contributed by atoms with van der Waals surface area (Å²) in [7, 11) is 0. The summed E-state index contributed by atoms with van der Waals surface area (Å²) < 4.78 is 0. The molecule has 0 aliphatic carbocycles. The fraction of sp³-hybridized carbons (Fsp3) is 0.143. The summed E-state index contributed by atoms with van der Waals surface area (Å²) in [6.45, 7) is 1.95. The van der Waals surface area contributed by atoms with Crippen LogP contribution in [0.4, 0.5) is 11.4 Å². The van der Waals surface area contributed by atoms with Crippen LogP contribution >= 0.6 is 23.4 Å². The number of nitrogens with two attached hydrogens (primary N) is 1. The Hall–Kier alpha value is -1.72. The first-order chi connectivity index (χ1) is 9.54. The van der Waals surface area contributed by atoms with Crippen LogP contribution in [0.5, 0.6) is 0 Å². The van der Waals surface area contributed by atoms with Gasteiger partial charge in [-0.1, -0.05) is 29.4 Å². The van der Waals surface area contributed by atoms with Gasteiger partial charge < -0.3 is 11.1 Å². The van der Waals surface area contributed by atoms with Gasteiger partial charge in [-0.3, -0.25) is 4.79 Å². The molecule has 1 aromatic heterocycles. The molecule has 6 heteroatoms. The summed E-state index contributed by atoms with van der Waals surface area (Å²) in [5.41, 5.74) is 8.09. The number of nitrogen functional groups attached to an aromatic ring is 1. The number of nitrogens with zero attached hydrogens (tertiary/aromatic N) is 1. The minimum atomic E-state index is -0.123. The Morgan fingerprint density at radius 3 is 2.85 bits per heavy atom. The maximum atomic E-state index is 11.8. The van der Waals surface area contributed by atoms with Gasteiger partial charge in [0, 0.05) is 6.20 Å². The normalized spacial score (nSPS) is 10.3. The minimum Gasteiger partial charge on any atom is -0.397 e. The lowest BCUT2D eigenvalue weighted by Gasteiger charge is -2.08. The van der Waals surface area contributed by atoms with E-state index in [9.17, 15) is 4.79 Å². The molecule has 1 aromatic carbocycles. The lowest BCUT2D eigenvalue weighted by molar-refractivity contribution is -0.113. The number of hydrogen-bond donors (Lipinski definition) is 2. The van der Waals surface area contributed by atoms with Gasteiger partial charge in [-0.2, -0.15) is 0 Å². The van der Waals surface area contributed by atoms with Crippen molar-refractivity contribution < 1.29 is 4.79 Å².